The number of benzene rings is 3. The van der Waals surface area contributed by atoms with E-state index < -0.39 is 17.7 Å². The van der Waals surface area contributed by atoms with Gasteiger partial charge in [-0.3, -0.25) is 4.79 Å². The van der Waals surface area contributed by atoms with Crippen LogP contribution in [0.15, 0.2) is 91.3 Å². The predicted octanol–water partition coefficient (Wildman–Crippen LogP) is 8.26. The van der Waals surface area contributed by atoms with Crippen molar-refractivity contribution in [2.75, 3.05) is 0 Å². The van der Waals surface area contributed by atoms with Crippen molar-refractivity contribution in [2.24, 2.45) is 0 Å². The highest BCUT2D eigenvalue weighted by Crippen LogP contribution is 2.36. The van der Waals surface area contributed by atoms with Crippen molar-refractivity contribution in [1.82, 2.24) is 9.55 Å². The van der Waals surface area contributed by atoms with E-state index >= 15 is 0 Å². The van der Waals surface area contributed by atoms with Crippen LogP contribution < -0.4 is 4.74 Å². The van der Waals surface area contributed by atoms with Crippen LogP contribution in [0, 0.1) is 0 Å². The van der Waals surface area contributed by atoms with Crippen molar-refractivity contribution >= 4 is 28.2 Å². The summed E-state index contributed by atoms with van der Waals surface area (Å²) in [7, 11) is 0. The van der Waals surface area contributed by atoms with Crippen LogP contribution in [0.25, 0.3) is 21.5 Å². The molecule has 0 saturated heterocycles. The first-order valence-electron chi connectivity index (χ1n) is 12.4. The van der Waals surface area contributed by atoms with Crippen molar-refractivity contribution in [3.63, 3.8) is 0 Å². The maximum atomic E-state index is 12.9. The molecule has 2 aromatic heterocycles. The van der Waals surface area contributed by atoms with Crippen molar-refractivity contribution in [3.05, 3.63) is 107 Å². The second kappa shape index (κ2) is 12.2. The number of thiazole rings is 1. The second-order valence-corrected chi connectivity index (χ2v) is 9.56. The average molecular weight is 553 g/mol. The highest BCUT2D eigenvalue weighted by molar-refractivity contribution is 7.15. The van der Waals surface area contributed by atoms with E-state index in [4.69, 9.17) is 9.84 Å². The maximum Gasteiger partial charge on any atom is 0.416 e. The lowest BCUT2D eigenvalue weighted by molar-refractivity contribution is -0.138. The van der Waals surface area contributed by atoms with Gasteiger partial charge in [-0.05, 0) is 42.0 Å². The van der Waals surface area contributed by atoms with Gasteiger partial charge in [0.2, 0.25) is 0 Å². The number of halogens is 3. The minimum absolute atomic E-state index is 0.131. The Morgan fingerprint density at radius 2 is 1.74 bits per heavy atom. The standard InChI is InChI=1S/C28H21F3N2O3S.C2H6/c29-28(30,31)21-8-6-19(7-9-21)27-32-16-25(37-27)24(14-18-4-2-1-3-5-18)36-22-10-11-23-20(15-22)12-13-33(23)17-26(34)35;1-2/h1-13,15-16,24H,14,17H2,(H,34,35);1-2H3. The molecule has 0 saturated carbocycles. The molecule has 0 radical (unpaired) electrons. The number of aliphatic carboxylic acids is 1. The molecule has 1 unspecified atom stereocenters. The molecule has 5 nitrogen and oxygen atoms in total. The van der Waals surface area contributed by atoms with Gasteiger partial charge in [0.15, 0.2) is 0 Å². The van der Waals surface area contributed by atoms with E-state index in [0.29, 0.717) is 22.7 Å². The first-order valence-corrected chi connectivity index (χ1v) is 13.2. The molecule has 202 valence electrons. The number of carboxylic acids is 1. The third kappa shape index (κ3) is 6.86. The molecule has 39 heavy (non-hydrogen) atoms. The van der Waals surface area contributed by atoms with E-state index in [1.807, 2.05) is 62.4 Å². The van der Waals surface area contributed by atoms with Crippen LogP contribution in [0.3, 0.4) is 0 Å². The lowest BCUT2D eigenvalue weighted by Crippen LogP contribution is -2.10. The summed E-state index contributed by atoms with van der Waals surface area (Å²) in [5, 5.41) is 10.6. The molecule has 5 aromatic rings. The quantitative estimate of drug-likeness (QED) is 0.211. The van der Waals surface area contributed by atoms with Gasteiger partial charge in [0.25, 0.3) is 0 Å². The molecule has 0 fully saturated rings. The Balaban J connectivity index is 0.00000172. The Kier molecular flexibility index (Phi) is 8.71. The number of rotatable bonds is 8. The number of ether oxygens (including phenoxy) is 1. The number of fused-ring (bicyclic) bond motifs is 1. The fraction of sp³-hybridized carbons (Fsp3) is 0.200. The first kappa shape index (κ1) is 27.9. The summed E-state index contributed by atoms with van der Waals surface area (Å²) in [4.78, 5) is 16.4. The largest absolute Gasteiger partial charge is 0.484 e. The Bertz CT molecular complexity index is 1530. The van der Waals surface area contributed by atoms with Gasteiger partial charge in [0.05, 0.1) is 10.4 Å². The Morgan fingerprint density at radius 3 is 2.41 bits per heavy atom. The van der Waals surface area contributed by atoms with Gasteiger partial charge in [-0.25, -0.2) is 4.98 Å². The topological polar surface area (TPSA) is 64.3 Å². The number of hydrogen-bond donors (Lipinski definition) is 1. The zero-order valence-electron chi connectivity index (χ0n) is 21.4. The molecule has 1 atom stereocenters. The summed E-state index contributed by atoms with van der Waals surface area (Å²) in [5.41, 5.74) is 1.75. The lowest BCUT2D eigenvalue weighted by Gasteiger charge is -2.18. The fourth-order valence-corrected chi connectivity index (χ4v) is 5.05. The van der Waals surface area contributed by atoms with Gasteiger partial charge in [0.1, 0.15) is 23.4 Å². The van der Waals surface area contributed by atoms with E-state index in [1.165, 1.54) is 23.5 Å². The zero-order chi connectivity index (χ0) is 28.0. The molecule has 0 bridgehead atoms. The molecule has 0 amide bonds. The number of nitrogens with zero attached hydrogens (tertiary/aromatic N) is 2. The van der Waals surface area contributed by atoms with E-state index in [-0.39, 0.29) is 12.6 Å². The van der Waals surface area contributed by atoms with Gasteiger partial charge in [-0.15, -0.1) is 11.3 Å². The molecule has 3 aromatic carbocycles. The average Bonchev–Trinajstić information content (AvgIpc) is 3.57. The number of alkyl halides is 3. The minimum atomic E-state index is -4.39. The molecule has 0 aliphatic rings. The van der Waals surface area contributed by atoms with Gasteiger partial charge < -0.3 is 14.4 Å². The summed E-state index contributed by atoms with van der Waals surface area (Å²) in [5.74, 6) is -0.305. The third-order valence-electron chi connectivity index (χ3n) is 5.89. The highest BCUT2D eigenvalue weighted by atomic mass is 32.1. The third-order valence-corrected chi connectivity index (χ3v) is 7.03. The Hall–Kier alpha value is -4.11. The van der Waals surface area contributed by atoms with Crippen LogP contribution in [-0.2, 0) is 23.9 Å². The van der Waals surface area contributed by atoms with E-state index in [9.17, 15) is 18.0 Å². The van der Waals surface area contributed by atoms with E-state index in [2.05, 4.69) is 4.98 Å². The van der Waals surface area contributed by atoms with Gasteiger partial charge >= 0.3 is 12.1 Å². The van der Waals surface area contributed by atoms with Crippen LogP contribution >= 0.6 is 11.3 Å². The highest BCUT2D eigenvalue weighted by Gasteiger charge is 2.30. The van der Waals surface area contributed by atoms with Crippen LogP contribution in [0.1, 0.15) is 36.0 Å². The molecule has 0 aliphatic carbocycles. The molecule has 5 rings (SSSR count). The van der Waals surface area contributed by atoms with Crippen molar-refractivity contribution in [3.8, 4) is 16.3 Å². The summed E-state index contributed by atoms with van der Waals surface area (Å²) in [6.45, 7) is 3.87. The molecule has 1 N–H and O–H groups in total. The Morgan fingerprint density at radius 1 is 1.03 bits per heavy atom. The van der Waals surface area contributed by atoms with Crippen LogP contribution in [-0.4, -0.2) is 20.6 Å². The van der Waals surface area contributed by atoms with E-state index in [1.54, 1.807) is 23.0 Å². The minimum Gasteiger partial charge on any atom is -0.484 e. The molecular formula is C30H27F3N2O3S. The monoisotopic (exact) mass is 552 g/mol. The normalized spacial score (nSPS) is 12.0. The van der Waals surface area contributed by atoms with Crippen molar-refractivity contribution < 1.29 is 27.8 Å². The van der Waals surface area contributed by atoms with Crippen molar-refractivity contribution in [2.45, 2.75) is 39.1 Å². The first-order chi connectivity index (χ1) is 18.8. The summed E-state index contributed by atoms with van der Waals surface area (Å²) < 4.78 is 46.9. The SMILES string of the molecule is CC.O=C(O)Cn1ccc2cc(OC(Cc3ccccc3)c3cnc(-c4ccc(C(F)(F)F)cc4)s3)ccc21. The predicted molar refractivity (Wildman–Crippen MR) is 147 cm³/mol. The summed E-state index contributed by atoms with van der Waals surface area (Å²) >= 11 is 1.37. The summed E-state index contributed by atoms with van der Waals surface area (Å²) in [6, 6.07) is 22.1. The number of aromatic nitrogens is 2. The van der Waals surface area contributed by atoms with Crippen LogP contribution in [0.5, 0.6) is 5.75 Å². The fourth-order valence-electron chi connectivity index (χ4n) is 4.10. The molecule has 0 aliphatic heterocycles. The zero-order valence-corrected chi connectivity index (χ0v) is 22.2. The smallest absolute Gasteiger partial charge is 0.416 e. The number of carboxylic acid groups (broad SMARTS) is 1. The maximum absolute atomic E-state index is 12.9. The molecule has 9 heteroatoms. The Labute approximate surface area is 228 Å². The lowest BCUT2D eigenvalue weighted by atomic mass is 10.1. The van der Waals surface area contributed by atoms with Gasteiger partial charge in [-0.2, -0.15) is 13.2 Å². The number of hydrogen-bond acceptors (Lipinski definition) is 4. The van der Waals surface area contributed by atoms with Crippen LogP contribution in [0.2, 0.25) is 0 Å². The van der Waals surface area contributed by atoms with Gasteiger partial charge in [0, 0.05) is 35.3 Å². The second-order valence-electron chi connectivity index (χ2n) is 8.50. The number of carbonyl (C=O) groups is 1. The molecular weight excluding hydrogens is 525 g/mol. The van der Waals surface area contributed by atoms with Crippen molar-refractivity contribution in [1.29, 1.82) is 0 Å². The summed E-state index contributed by atoms with van der Waals surface area (Å²) in [6.07, 6.45) is -0.789. The van der Waals surface area contributed by atoms with E-state index in [0.717, 1.165) is 33.5 Å². The van der Waals surface area contributed by atoms with Gasteiger partial charge in [-0.1, -0.05) is 56.3 Å². The molecule has 2 heterocycles. The van der Waals surface area contributed by atoms with Crippen LogP contribution in [0.4, 0.5) is 13.2 Å². The molecule has 0 spiro atoms.